The average Bonchev–Trinajstić information content (AvgIpc) is 3.30. The van der Waals surface area contributed by atoms with Crippen LogP contribution in [0.2, 0.25) is 36.3 Å². The minimum absolute atomic E-state index is 0.105. The largest absolute Gasteiger partial charge is 0.343 e. The molecule has 0 N–H and O–H groups in total. The van der Waals surface area contributed by atoms with Gasteiger partial charge in [0.1, 0.15) is 0 Å². The Hall–Kier alpha value is -1.75. The SMILES string of the molecule is CCCCN(c1ccc([Si](CCCC)(CCCC)CCCC)cc1)P(Pc1cccc(-c2ccc([Si](CCCC)(CCCC)CCCC)cc2)c1S(F)(F)F)c1ccccc1S(F)(F)F. The molecule has 0 bridgehead atoms. The number of benzene rings is 4. The van der Waals surface area contributed by atoms with Gasteiger partial charge in [-0.3, -0.25) is 0 Å². The number of hydrogen-bond acceptors (Lipinski definition) is 1. The van der Waals surface area contributed by atoms with Gasteiger partial charge in [0.05, 0.1) is 33.7 Å². The van der Waals surface area contributed by atoms with Gasteiger partial charge in [-0.05, 0) is 43.8 Å². The molecule has 4 aromatic carbocycles. The van der Waals surface area contributed by atoms with E-state index in [1.54, 1.807) is 24.3 Å². The molecule has 0 spiro atoms. The summed E-state index contributed by atoms with van der Waals surface area (Å²) >= 11 is -11.5. The van der Waals surface area contributed by atoms with Crippen LogP contribution in [0.25, 0.3) is 11.1 Å². The highest BCUT2D eigenvalue weighted by Crippen LogP contribution is 2.69. The number of nitrogens with zero attached hydrogens (tertiary/aromatic N) is 1. The van der Waals surface area contributed by atoms with Crippen molar-refractivity contribution in [3.8, 4) is 11.1 Å². The number of hydrogen-bond donors (Lipinski definition) is 0. The van der Waals surface area contributed by atoms with Crippen LogP contribution in [0, 0.1) is 0 Å². The first kappa shape index (κ1) is 55.8. The summed E-state index contributed by atoms with van der Waals surface area (Å²) in [5.74, 6) is 0. The van der Waals surface area contributed by atoms with Crippen LogP contribution in [-0.2, 0) is 0 Å². The highest BCUT2D eigenvalue weighted by molar-refractivity contribution is 8.30. The van der Waals surface area contributed by atoms with Crippen molar-refractivity contribution in [2.75, 3.05) is 11.2 Å². The number of rotatable bonds is 31. The van der Waals surface area contributed by atoms with Gasteiger partial charge in [0, 0.05) is 23.1 Å². The lowest BCUT2D eigenvalue weighted by Crippen LogP contribution is -2.47. The van der Waals surface area contributed by atoms with E-state index in [-0.39, 0.29) is 16.2 Å². The highest BCUT2D eigenvalue weighted by Gasteiger charge is 2.39. The molecule has 0 heterocycles. The predicted octanol–water partition coefficient (Wildman–Crippen LogP) is 19.3. The van der Waals surface area contributed by atoms with Crippen LogP contribution in [0.5, 0.6) is 0 Å². The summed E-state index contributed by atoms with van der Waals surface area (Å²) in [5.41, 5.74) is 1.45. The summed E-state index contributed by atoms with van der Waals surface area (Å²) < 4.78 is 95.1. The van der Waals surface area contributed by atoms with Gasteiger partial charge < -0.3 is 4.67 Å². The van der Waals surface area contributed by atoms with Gasteiger partial charge in [0.15, 0.2) is 0 Å². The van der Waals surface area contributed by atoms with Crippen LogP contribution in [0.3, 0.4) is 0 Å². The Bertz CT molecular complexity index is 1940. The fraction of sp³-hybridized carbons (Fsp3) is 0.538. The molecule has 0 saturated heterocycles. The van der Waals surface area contributed by atoms with E-state index in [9.17, 15) is 0 Å². The van der Waals surface area contributed by atoms with E-state index in [0.29, 0.717) is 18.5 Å². The van der Waals surface area contributed by atoms with Gasteiger partial charge >= 0.3 is 0 Å². The highest BCUT2D eigenvalue weighted by atomic mass is 32.3. The van der Waals surface area contributed by atoms with Gasteiger partial charge in [-0.25, -0.2) is 0 Å². The van der Waals surface area contributed by atoms with Crippen molar-refractivity contribution < 1.29 is 23.3 Å². The van der Waals surface area contributed by atoms with Gasteiger partial charge in [-0.15, -0.1) is 23.3 Å². The summed E-state index contributed by atoms with van der Waals surface area (Å²) in [7, 11) is -6.23. The number of halogens is 6. The molecule has 0 aromatic heterocycles. The van der Waals surface area contributed by atoms with E-state index < -0.39 is 64.3 Å². The molecule has 4 aromatic rings. The summed E-state index contributed by atoms with van der Waals surface area (Å²) in [6, 6.07) is 34.5. The van der Waals surface area contributed by atoms with E-state index >= 15 is 23.3 Å². The zero-order chi connectivity index (χ0) is 47.5. The van der Waals surface area contributed by atoms with Crippen molar-refractivity contribution in [3.63, 3.8) is 0 Å². The van der Waals surface area contributed by atoms with E-state index in [0.717, 1.165) is 76.0 Å². The van der Waals surface area contributed by atoms with Crippen molar-refractivity contribution in [1.29, 1.82) is 0 Å². The van der Waals surface area contributed by atoms with Crippen molar-refractivity contribution in [2.24, 2.45) is 0 Å². The molecule has 2 unspecified atom stereocenters. The Balaban J connectivity index is 1.93. The van der Waals surface area contributed by atoms with Gasteiger partial charge in [-0.2, -0.15) is 0 Å². The molecule has 0 radical (unpaired) electrons. The second-order valence-electron chi connectivity index (χ2n) is 18.2. The molecule has 4 rings (SSSR count). The first-order valence-electron chi connectivity index (χ1n) is 24.8. The molecule has 0 aliphatic heterocycles. The molecule has 2 atom stereocenters. The zero-order valence-electron chi connectivity index (χ0n) is 40.5. The molecule has 0 saturated carbocycles. The van der Waals surface area contributed by atoms with Crippen molar-refractivity contribution in [3.05, 3.63) is 91.0 Å². The monoisotopic (exact) mass is 1010 g/mol. The Kier molecular flexibility index (Phi) is 23.6. The lowest BCUT2D eigenvalue weighted by molar-refractivity contribution is 0.633. The van der Waals surface area contributed by atoms with Crippen LogP contribution in [0.15, 0.2) is 101 Å². The maximum Gasteiger partial charge on any atom is 0.238 e. The number of unbranched alkanes of at least 4 members (excludes halogenated alkanes) is 7. The van der Waals surface area contributed by atoms with Crippen LogP contribution in [0.1, 0.15) is 138 Å². The molecule has 0 aliphatic carbocycles. The van der Waals surface area contributed by atoms with Crippen LogP contribution in [-0.4, -0.2) is 22.7 Å². The molecule has 0 amide bonds. The average molecular weight is 1010 g/mol. The first-order chi connectivity index (χ1) is 31.2. The van der Waals surface area contributed by atoms with Crippen molar-refractivity contribution in [2.45, 2.75) is 184 Å². The molecule has 0 aliphatic rings. The normalized spacial score (nSPS) is 13.7. The second kappa shape index (κ2) is 27.4. The first-order valence-corrected chi connectivity index (χ1v) is 35.9. The van der Waals surface area contributed by atoms with Crippen LogP contribution >= 0.6 is 38.4 Å². The Morgan fingerprint density at radius 1 is 0.477 bits per heavy atom. The topological polar surface area (TPSA) is 3.24 Å². The fourth-order valence-electron chi connectivity index (χ4n) is 9.64. The summed E-state index contributed by atoms with van der Waals surface area (Å²) in [5, 5.41) is 2.96. The fourth-order valence-corrected chi connectivity index (χ4v) is 29.2. The molecule has 65 heavy (non-hydrogen) atoms. The van der Waals surface area contributed by atoms with Gasteiger partial charge in [-0.1, -0.05) is 251 Å². The Labute approximate surface area is 400 Å². The molecular formula is C52H79F6NP2S2Si2. The Morgan fingerprint density at radius 2 is 0.908 bits per heavy atom. The second-order valence-corrected chi connectivity index (χ2v) is 34.2. The quantitative estimate of drug-likeness (QED) is 0.0276. The molecule has 1 nitrogen and oxygen atoms in total. The van der Waals surface area contributed by atoms with Crippen molar-refractivity contribution >= 4 is 81.2 Å². The molecular weight excluding hydrogens is 935 g/mol. The van der Waals surface area contributed by atoms with E-state index in [4.69, 9.17) is 0 Å². The molecule has 13 heteroatoms. The maximum atomic E-state index is 15.9. The molecule has 0 fully saturated rings. The van der Waals surface area contributed by atoms with Gasteiger partial charge in [0.25, 0.3) is 0 Å². The van der Waals surface area contributed by atoms with Crippen LogP contribution in [0.4, 0.5) is 29.0 Å². The third kappa shape index (κ3) is 15.4. The zero-order valence-corrected chi connectivity index (χ0v) is 46.0. The summed E-state index contributed by atoms with van der Waals surface area (Å²) in [6.45, 7) is 15.9. The van der Waals surface area contributed by atoms with E-state index in [1.807, 2.05) is 12.1 Å². The van der Waals surface area contributed by atoms with E-state index in [2.05, 4.69) is 89.5 Å². The van der Waals surface area contributed by atoms with Crippen LogP contribution < -0.4 is 25.7 Å². The third-order valence-corrected chi connectivity index (χ3v) is 31.9. The van der Waals surface area contributed by atoms with Gasteiger partial charge in [0.2, 0.25) is 22.4 Å². The minimum Gasteiger partial charge on any atom is -0.343 e. The standard InChI is InChI=1S/C52H79F6NP2S2Si2/c1-8-15-37-59(45-31-35-47(36-32-45)65(41-19-12-5,42-20-13-6)43-21-14-7)61(50-27-22-23-28-51(50)62(53,54)55)60-49-26-24-25-48(52(49)63(56,57)58)44-29-33-46(34-30-44)64(38-16-9-2,39-17-10-3)40-18-11-4/h22-36,60H,8-21,37-43H2,1-7H3. The number of anilines is 1. The summed E-state index contributed by atoms with van der Waals surface area (Å²) in [6.07, 6.45) is 15.3. The smallest absolute Gasteiger partial charge is 0.238 e. The van der Waals surface area contributed by atoms with Crippen molar-refractivity contribution in [1.82, 2.24) is 0 Å². The Morgan fingerprint density at radius 3 is 1.32 bits per heavy atom. The maximum absolute atomic E-state index is 15.9. The predicted molar refractivity (Wildman–Crippen MR) is 289 cm³/mol. The lowest BCUT2D eigenvalue weighted by Gasteiger charge is -2.37. The third-order valence-electron chi connectivity index (χ3n) is 13.4. The van der Waals surface area contributed by atoms with E-state index in [1.165, 1.54) is 78.0 Å². The summed E-state index contributed by atoms with van der Waals surface area (Å²) in [4.78, 5) is -1.33. The lowest BCUT2D eigenvalue weighted by atomic mass is 10.1. The molecule has 364 valence electrons. The minimum atomic E-state index is -5.81.